The van der Waals surface area contributed by atoms with Crippen LogP contribution in [-0.2, 0) is 24.6 Å². The average Bonchev–Trinajstić information content (AvgIpc) is 2.29. The molecule has 1 rings (SSSR count). The number of rotatable bonds is 3. The summed E-state index contributed by atoms with van der Waals surface area (Å²) in [6, 6.07) is 0. The standard InChI is InChI=1S/C10H19OSi2.2ClH.Ti/c1-12(2,3)11-13(4,5)10-8-6-7-9-10;;;/h6,8H,7H2,1-5H3;2*1H;. The van der Waals surface area contributed by atoms with Gasteiger partial charge in [-0.3, -0.25) is 0 Å². The van der Waals surface area contributed by atoms with Gasteiger partial charge in [-0.15, -0.1) is 24.8 Å². The Morgan fingerprint density at radius 3 is 1.94 bits per heavy atom. The Bertz CT molecular complexity index is 296. The first-order chi connectivity index (χ1) is 6.22. The van der Waals surface area contributed by atoms with Crippen molar-refractivity contribution in [1.82, 2.24) is 0 Å². The molecule has 0 fully saturated rings. The van der Waals surface area contributed by atoms with Crippen molar-refractivity contribution < 1.29 is 24.6 Å². The zero-order valence-corrected chi connectivity index (χ0v) is 15.8. The average molecular weight is 332 g/mol. The molecule has 0 aliphatic heterocycles. The molecule has 16 heavy (non-hydrogen) atoms. The minimum absolute atomic E-state index is 0. The molecule has 0 spiro atoms. The van der Waals surface area contributed by atoms with Gasteiger partial charge in [-0.2, -0.15) is 0 Å². The van der Waals surface area contributed by atoms with E-state index in [9.17, 15) is 0 Å². The van der Waals surface area contributed by atoms with Crippen LogP contribution in [0.5, 0.6) is 0 Å². The summed E-state index contributed by atoms with van der Waals surface area (Å²) in [6.45, 7) is 11.5. The Balaban J connectivity index is 0. The van der Waals surface area contributed by atoms with E-state index in [1.54, 1.807) is 0 Å². The topological polar surface area (TPSA) is 9.23 Å². The molecule has 0 saturated carbocycles. The fourth-order valence-electron chi connectivity index (χ4n) is 1.89. The van der Waals surface area contributed by atoms with E-state index in [4.69, 9.17) is 4.12 Å². The van der Waals surface area contributed by atoms with Crippen molar-refractivity contribution >= 4 is 41.4 Å². The van der Waals surface area contributed by atoms with Crippen LogP contribution in [0.3, 0.4) is 0 Å². The van der Waals surface area contributed by atoms with E-state index in [0.717, 1.165) is 6.42 Å². The van der Waals surface area contributed by atoms with Crippen molar-refractivity contribution in [3.63, 3.8) is 0 Å². The summed E-state index contributed by atoms with van der Waals surface area (Å²) in [6.07, 6.45) is 5.66. The number of allylic oxidation sites excluding steroid dienone is 4. The normalized spacial score (nSPS) is 15.8. The van der Waals surface area contributed by atoms with Crippen LogP contribution in [0.25, 0.3) is 0 Å². The summed E-state index contributed by atoms with van der Waals surface area (Å²) in [5, 5.41) is 1.51. The van der Waals surface area contributed by atoms with Crippen LogP contribution in [0.4, 0.5) is 0 Å². The molecule has 0 aromatic rings. The third kappa shape index (κ3) is 5.67. The fraction of sp³-hybridized carbons (Fsp3) is 0.600. The van der Waals surface area contributed by atoms with Crippen molar-refractivity contribution in [2.24, 2.45) is 0 Å². The molecule has 0 N–H and O–H groups in total. The summed E-state index contributed by atoms with van der Waals surface area (Å²) in [7, 11) is -3.01. The molecule has 0 bridgehead atoms. The Morgan fingerprint density at radius 1 is 1.12 bits per heavy atom. The maximum absolute atomic E-state index is 6.35. The van der Waals surface area contributed by atoms with Gasteiger partial charge >= 0.3 is 102 Å². The van der Waals surface area contributed by atoms with Gasteiger partial charge in [0.1, 0.15) is 0 Å². The molecular formula is C10H21Cl2OSi2Ti. The zero-order valence-electron chi connectivity index (χ0n) is 10.6. The van der Waals surface area contributed by atoms with Gasteiger partial charge in [0.15, 0.2) is 0 Å². The summed E-state index contributed by atoms with van der Waals surface area (Å²) < 4.78 is 7.86. The van der Waals surface area contributed by atoms with Gasteiger partial charge in [0.2, 0.25) is 0 Å². The molecule has 93 valence electrons. The predicted octanol–water partition coefficient (Wildman–Crippen LogP) is 4.19. The summed E-state index contributed by atoms with van der Waals surface area (Å²) in [4.78, 5) is 0. The first-order valence-electron chi connectivity index (χ1n) is 5.04. The quantitative estimate of drug-likeness (QED) is 0.705. The molecule has 0 atom stereocenters. The van der Waals surface area contributed by atoms with Gasteiger partial charge in [-0.1, -0.05) is 0 Å². The van der Waals surface area contributed by atoms with E-state index in [1.165, 1.54) is 9.07 Å². The third-order valence-electron chi connectivity index (χ3n) is 2.14. The van der Waals surface area contributed by atoms with Crippen molar-refractivity contribution in [1.29, 1.82) is 0 Å². The molecule has 1 nitrogen and oxygen atoms in total. The molecule has 1 aliphatic carbocycles. The molecule has 0 heterocycles. The molecular weight excluding hydrogens is 311 g/mol. The van der Waals surface area contributed by atoms with Crippen LogP contribution < -0.4 is 0 Å². The fourth-order valence-corrected chi connectivity index (χ4v) is 11.5. The van der Waals surface area contributed by atoms with Gasteiger partial charge in [-0.25, -0.2) is 0 Å². The Kier molecular flexibility index (Phi) is 8.45. The Labute approximate surface area is 126 Å². The molecule has 0 saturated heterocycles. The first kappa shape index (κ1) is 19.5. The van der Waals surface area contributed by atoms with Crippen LogP contribution >= 0.6 is 24.8 Å². The van der Waals surface area contributed by atoms with Gasteiger partial charge in [0.05, 0.1) is 0 Å². The second kappa shape index (κ2) is 6.93. The van der Waals surface area contributed by atoms with Crippen LogP contribution in [0, 0.1) is 0 Å². The third-order valence-corrected chi connectivity index (χ3v) is 9.53. The van der Waals surface area contributed by atoms with E-state index in [-0.39, 0.29) is 24.8 Å². The SMILES string of the molecule is C[Si](C)(C)O[Si](C)(C)C1=[C]([Ti])CC=C1.Cl.Cl. The maximum atomic E-state index is 6.35. The van der Waals surface area contributed by atoms with E-state index in [0.29, 0.717) is 0 Å². The summed E-state index contributed by atoms with van der Waals surface area (Å²) in [5.74, 6) is 0. The second-order valence-electron chi connectivity index (χ2n) is 5.22. The van der Waals surface area contributed by atoms with Crippen LogP contribution in [0.15, 0.2) is 21.2 Å². The van der Waals surface area contributed by atoms with Crippen LogP contribution in [0.1, 0.15) is 6.42 Å². The van der Waals surface area contributed by atoms with Crippen molar-refractivity contribution in [3.05, 3.63) is 21.2 Å². The second-order valence-corrected chi connectivity index (χ2v) is 14.8. The molecule has 0 aromatic heterocycles. The monoisotopic (exact) mass is 331 g/mol. The molecule has 0 unspecified atom stereocenters. The maximum Gasteiger partial charge on any atom is -0.147 e. The number of hydrogen-bond donors (Lipinski definition) is 0. The van der Waals surface area contributed by atoms with E-state index < -0.39 is 16.6 Å². The molecule has 0 aromatic carbocycles. The van der Waals surface area contributed by atoms with E-state index >= 15 is 0 Å². The number of halogens is 2. The molecule has 0 radical (unpaired) electrons. The molecule has 0 amide bonds. The Hall–Kier alpha value is 1.17. The van der Waals surface area contributed by atoms with Gasteiger partial charge in [-0.05, 0) is 0 Å². The van der Waals surface area contributed by atoms with Crippen LogP contribution in [-0.4, -0.2) is 16.6 Å². The molecule has 1 aliphatic rings. The van der Waals surface area contributed by atoms with Crippen molar-refractivity contribution in [3.8, 4) is 0 Å². The largest absolute Gasteiger partial charge is 0.147 e. The minimum Gasteiger partial charge on any atom is -0.147 e. The zero-order chi connectivity index (χ0) is 11.0. The summed E-state index contributed by atoms with van der Waals surface area (Å²) in [5.41, 5.74) is 0. The van der Waals surface area contributed by atoms with Crippen molar-refractivity contribution in [2.45, 2.75) is 39.2 Å². The predicted molar refractivity (Wildman–Crippen MR) is 77.2 cm³/mol. The van der Waals surface area contributed by atoms with Gasteiger partial charge in [0, 0.05) is 0 Å². The minimum atomic E-state index is -1.61. The Morgan fingerprint density at radius 2 is 1.62 bits per heavy atom. The summed E-state index contributed by atoms with van der Waals surface area (Å²) >= 11 is 2.23. The van der Waals surface area contributed by atoms with Crippen LogP contribution in [0.2, 0.25) is 32.7 Å². The van der Waals surface area contributed by atoms with Gasteiger partial charge < -0.3 is 0 Å². The van der Waals surface area contributed by atoms with Crippen molar-refractivity contribution in [2.75, 3.05) is 0 Å². The molecule has 6 heteroatoms. The first-order valence-corrected chi connectivity index (χ1v) is 12.1. The van der Waals surface area contributed by atoms with Gasteiger partial charge in [0.25, 0.3) is 0 Å². The van der Waals surface area contributed by atoms with E-state index in [1.807, 2.05) is 0 Å². The van der Waals surface area contributed by atoms with E-state index in [2.05, 4.69) is 65.3 Å². The number of hydrogen-bond acceptors (Lipinski definition) is 1. The smallest absolute Gasteiger partial charge is 0.147 e.